The highest BCUT2D eigenvalue weighted by molar-refractivity contribution is 6.31. The molecular weight excluding hydrogens is 244 g/mol. The van der Waals surface area contributed by atoms with E-state index in [9.17, 15) is 5.26 Å². The molecule has 0 bridgehead atoms. The Morgan fingerprint density at radius 2 is 2.17 bits per heavy atom. The number of aryl methyl sites for hydroxylation is 1. The monoisotopic (exact) mass is 262 g/mol. The highest BCUT2D eigenvalue weighted by Crippen LogP contribution is 2.37. The summed E-state index contributed by atoms with van der Waals surface area (Å²) in [6.07, 6.45) is 0.926. The third-order valence-corrected chi connectivity index (χ3v) is 4.31. The summed E-state index contributed by atoms with van der Waals surface area (Å²) in [5.41, 5.74) is 2.30. The van der Waals surface area contributed by atoms with E-state index >= 15 is 0 Å². The molecule has 0 radical (unpaired) electrons. The molecule has 1 fully saturated rings. The van der Waals surface area contributed by atoms with Gasteiger partial charge in [-0.3, -0.25) is 0 Å². The Labute approximate surface area is 114 Å². The van der Waals surface area contributed by atoms with E-state index in [1.54, 1.807) is 0 Å². The fourth-order valence-corrected chi connectivity index (χ4v) is 2.77. The molecule has 1 aliphatic rings. The fourth-order valence-electron chi connectivity index (χ4n) is 2.59. The van der Waals surface area contributed by atoms with Gasteiger partial charge in [0.2, 0.25) is 0 Å². The molecule has 2 nitrogen and oxygen atoms in total. The van der Waals surface area contributed by atoms with Crippen LogP contribution in [0, 0.1) is 29.6 Å². The molecule has 0 aromatic heterocycles. The summed E-state index contributed by atoms with van der Waals surface area (Å²) in [6, 6.07) is 8.63. The lowest BCUT2D eigenvalue weighted by molar-refractivity contribution is 0.226. The van der Waals surface area contributed by atoms with Crippen molar-refractivity contribution in [3.63, 3.8) is 0 Å². The normalized spacial score (nSPS) is 22.6. The minimum absolute atomic E-state index is 0.0321. The van der Waals surface area contributed by atoms with E-state index in [0.717, 1.165) is 35.8 Å². The van der Waals surface area contributed by atoms with Crippen molar-refractivity contribution in [3.05, 3.63) is 28.8 Å². The van der Waals surface area contributed by atoms with Gasteiger partial charge in [-0.15, -0.1) is 0 Å². The van der Waals surface area contributed by atoms with Crippen molar-refractivity contribution in [1.82, 2.24) is 0 Å². The Kier molecular flexibility index (Phi) is 3.54. The van der Waals surface area contributed by atoms with Crippen LogP contribution >= 0.6 is 11.6 Å². The molecule has 2 rings (SSSR count). The maximum Gasteiger partial charge on any atom is 0.0662 e. The van der Waals surface area contributed by atoms with Crippen molar-refractivity contribution >= 4 is 17.3 Å². The van der Waals surface area contributed by atoms with E-state index in [-0.39, 0.29) is 11.3 Å². The third kappa shape index (κ3) is 2.47. The van der Waals surface area contributed by atoms with Crippen molar-refractivity contribution < 1.29 is 0 Å². The number of hydrogen-bond donors (Lipinski definition) is 0. The molecule has 0 spiro atoms. The number of benzene rings is 1. The number of nitrogens with zero attached hydrogens (tertiary/aromatic N) is 2. The van der Waals surface area contributed by atoms with Crippen LogP contribution in [0.3, 0.4) is 0 Å². The van der Waals surface area contributed by atoms with E-state index in [4.69, 9.17) is 11.6 Å². The van der Waals surface area contributed by atoms with E-state index in [2.05, 4.69) is 36.9 Å². The number of anilines is 1. The van der Waals surface area contributed by atoms with Crippen LogP contribution in [0.5, 0.6) is 0 Å². The van der Waals surface area contributed by atoms with Crippen LogP contribution in [-0.2, 0) is 0 Å². The van der Waals surface area contributed by atoms with E-state index in [1.807, 2.05) is 13.0 Å². The Bertz CT molecular complexity index is 488. The fraction of sp³-hybridized carbons (Fsp3) is 0.533. The largest absolute Gasteiger partial charge is 0.371 e. The highest BCUT2D eigenvalue weighted by atomic mass is 35.5. The van der Waals surface area contributed by atoms with Gasteiger partial charge >= 0.3 is 0 Å². The first-order valence-corrected chi connectivity index (χ1v) is 6.72. The third-order valence-electron chi connectivity index (χ3n) is 3.91. The first-order valence-electron chi connectivity index (χ1n) is 6.35. The van der Waals surface area contributed by atoms with Crippen LogP contribution in [0.4, 0.5) is 5.69 Å². The Hall–Kier alpha value is -1.20. The van der Waals surface area contributed by atoms with Gasteiger partial charge in [0, 0.05) is 23.8 Å². The molecule has 1 aromatic rings. The summed E-state index contributed by atoms with van der Waals surface area (Å²) < 4.78 is 0. The predicted octanol–water partition coefficient (Wildman–Crippen LogP) is 4.02. The second-order valence-corrected chi connectivity index (χ2v) is 6.22. The number of nitriles is 1. The zero-order chi connectivity index (χ0) is 13.3. The van der Waals surface area contributed by atoms with Crippen LogP contribution in [0.2, 0.25) is 5.02 Å². The molecule has 1 aliphatic heterocycles. The Balaban J connectivity index is 2.21. The predicted molar refractivity (Wildman–Crippen MR) is 75.9 cm³/mol. The maximum atomic E-state index is 9.17. The minimum atomic E-state index is 0.0321. The SMILES string of the molecule is Cc1ccc(N2CCC(C#N)C(C)(C)C2)cc1Cl. The maximum absolute atomic E-state index is 9.17. The van der Waals surface area contributed by atoms with E-state index in [1.165, 1.54) is 0 Å². The highest BCUT2D eigenvalue weighted by Gasteiger charge is 2.36. The zero-order valence-corrected chi connectivity index (χ0v) is 12.0. The molecule has 1 atom stereocenters. The molecular formula is C15H19ClN2. The van der Waals surface area contributed by atoms with Gasteiger partial charge in [-0.25, -0.2) is 0 Å². The van der Waals surface area contributed by atoms with Crippen molar-refractivity contribution in [3.8, 4) is 6.07 Å². The molecule has 1 saturated heterocycles. The number of rotatable bonds is 1. The number of halogens is 1. The molecule has 1 heterocycles. The topological polar surface area (TPSA) is 27.0 Å². The molecule has 0 amide bonds. The average Bonchev–Trinajstić information content (AvgIpc) is 2.31. The second kappa shape index (κ2) is 4.82. The Morgan fingerprint density at radius 3 is 2.72 bits per heavy atom. The van der Waals surface area contributed by atoms with Gasteiger partial charge in [0.15, 0.2) is 0 Å². The first-order chi connectivity index (χ1) is 8.44. The second-order valence-electron chi connectivity index (χ2n) is 5.81. The smallest absolute Gasteiger partial charge is 0.0662 e. The van der Waals surface area contributed by atoms with Crippen LogP contribution in [0.1, 0.15) is 25.8 Å². The van der Waals surface area contributed by atoms with Crippen LogP contribution in [-0.4, -0.2) is 13.1 Å². The molecule has 1 unspecified atom stereocenters. The molecule has 3 heteroatoms. The van der Waals surface area contributed by atoms with E-state index in [0.29, 0.717) is 0 Å². The van der Waals surface area contributed by atoms with Crippen molar-refractivity contribution in [2.45, 2.75) is 27.2 Å². The van der Waals surface area contributed by atoms with Gasteiger partial charge in [-0.2, -0.15) is 5.26 Å². The molecule has 96 valence electrons. The van der Waals surface area contributed by atoms with Gasteiger partial charge in [-0.05, 0) is 36.5 Å². The van der Waals surface area contributed by atoms with Crippen molar-refractivity contribution in [1.29, 1.82) is 5.26 Å². The van der Waals surface area contributed by atoms with Gasteiger partial charge in [0.25, 0.3) is 0 Å². The summed E-state index contributed by atoms with van der Waals surface area (Å²) in [5.74, 6) is 0.148. The number of piperidine rings is 1. The quantitative estimate of drug-likeness (QED) is 0.764. The van der Waals surface area contributed by atoms with E-state index < -0.39 is 0 Å². The van der Waals surface area contributed by atoms with Gasteiger partial charge in [0.05, 0.1) is 12.0 Å². The van der Waals surface area contributed by atoms with Crippen LogP contribution < -0.4 is 4.90 Å². The lowest BCUT2D eigenvalue weighted by Gasteiger charge is -2.42. The summed E-state index contributed by atoms with van der Waals surface area (Å²) >= 11 is 6.18. The summed E-state index contributed by atoms with van der Waals surface area (Å²) in [5, 5.41) is 9.99. The standard InChI is InChI=1S/C15H19ClN2/c1-11-4-5-13(8-14(11)16)18-7-6-12(9-17)15(2,3)10-18/h4-5,8,12H,6-7,10H2,1-3H3. The summed E-state index contributed by atoms with van der Waals surface area (Å²) in [7, 11) is 0. The van der Waals surface area contributed by atoms with Crippen molar-refractivity contribution in [2.24, 2.45) is 11.3 Å². The van der Waals surface area contributed by atoms with Gasteiger partial charge in [0.1, 0.15) is 0 Å². The van der Waals surface area contributed by atoms with Crippen LogP contribution in [0.25, 0.3) is 0 Å². The zero-order valence-electron chi connectivity index (χ0n) is 11.2. The summed E-state index contributed by atoms with van der Waals surface area (Å²) in [4.78, 5) is 2.33. The molecule has 0 N–H and O–H groups in total. The lowest BCUT2D eigenvalue weighted by atomic mass is 9.74. The van der Waals surface area contributed by atoms with Gasteiger partial charge < -0.3 is 4.90 Å². The molecule has 0 aliphatic carbocycles. The minimum Gasteiger partial charge on any atom is -0.371 e. The first kappa shape index (κ1) is 13.2. The molecule has 0 saturated carbocycles. The average molecular weight is 263 g/mol. The van der Waals surface area contributed by atoms with Gasteiger partial charge in [-0.1, -0.05) is 31.5 Å². The number of hydrogen-bond acceptors (Lipinski definition) is 2. The lowest BCUT2D eigenvalue weighted by Crippen LogP contribution is -2.45. The molecule has 18 heavy (non-hydrogen) atoms. The summed E-state index contributed by atoms with van der Waals surface area (Å²) in [6.45, 7) is 8.19. The van der Waals surface area contributed by atoms with Crippen LogP contribution in [0.15, 0.2) is 18.2 Å². The molecule has 1 aromatic carbocycles. The van der Waals surface area contributed by atoms with Crippen molar-refractivity contribution in [2.75, 3.05) is 18.0 Å². The Morgan fingerprint density at radius 1 is 1.44 bits per heavy atom.